The Kier molecular flexibility index (Phi) is 1.50. The van der Waals surface area contributed by atoms with Gasteiger partial charge in [-0.2, -0.15) is 0 Å². The highest BCUT2D eigenvalue weighted by atomic mass is 16.6. The van der Waals surface area contributed by atoms with Crippen molar-refractivity contribution in [3.8, 4) is 0 Å². The standard InChI is InChI=1S/C10H4O6/c11-6-2-3-4-1-5(7(3)10(14)15-6)9(13)16-8(4)12/h1-2H2. The quantitative estimate of drug-likeness (QED) is 0.405. The topological polar surface area (TPSA) is 86.7 Å². The molecule has 0 radical (unpaired) electrons. The minimum absolute atomic E-state index is 0.0328. The highest BCUT2D eigenvalue weighted by molar-refractivity contribution is 6.19. The molecule has 0 spiro atoms. The minimum Gasteiger partial charge on any atom is -0.389 e. The second kappa shape index (κ2) is 2.66. The van der Waals surface area contributed by atoms with Gasteiger partial charge in [-0.15, -0.1) is 0 Å². The lowest BCUT2D eigenvalue weighted by atomic mass is 10.0. The van der Waals surface area contributed by atoms with Gasteiger partial charge in [0.25, 0.3) is 0 Å². The number of carbonyl (C=O) groups excluding carboxylic acids is 4. The third-order valence-electron chi connectivity index (χ3n) is 2.73. The number of fused-ring (bicyclic) bond motifs is 3. The maximum absolute atomic E-state index is 11.4. The van der Waals surface area contributed by atoms with E-state index in [1.54, 1.807) is 0 Å². The van der Waals surface area contributed by atoms with Gasteiger partial charge in [0.15, 0.2) is 0 Å². The summed E-state index contributed by atoms with van der Waals surface area (Å²) in [5, 5.41) is 0. The van der Waals surface area contributed by atoms with Gasteiger partial charge in [-0.3, -0.25) is 4.79 Å². The molecule has 6 heteroatoms. The van der Waals surface area contributed by atoms with E-state index in [2.05, 4.69) is 9.47 Å². The molecule has 0 unspecified atom stereocenters. The van der Waals surface area contributed by atoms with Crippen LogP contribution in [0.25, 0.3) is 0 Å². The minimum atomic E-state index is -0.872. The van der Waals surface area contributed by atoms with Crippen LogP contribution < -0.4 is 0 Å². The van der Waals surface area contributed by atoms with E-state index in [4.69, 9.17) is 0 Å². The molecule has 0 atom stereocenters. The van der Waals surface area contributed by atoms with E-state index in [-0.39, 0.29) is 35.1 Å². The molecule has 3 aliphatic rings. The first-order valence-electron chi connectivity index (χ1n) is 4.55. The molecule has 6 nitrogen and oxygen atoms in total. The Morgan fingerprint density at radius 1 is 0.688 bits per heavy atom. The average molecular weight is 220 g/mol. The van der Waals surface area contributed by atoms with Crippen molar-refractivity contribution in [2.75, 3.05) is 0 Å². The van der Waals surface area contributed by atoms with Gasteiger partial charge < -0.3 is 9.47 Å². The maximum Gasteiger partial charge on any atom is 0.346 e. The molecule has 16 heavy (non-hydrogen) atoms. The van der Waals surface area contributed by atoms with E-state index in [0.29, 0.717) is 0 Å². The molecule has 0 aromatic rings. The molecular formula is C10H4O6. The summed E-state index contributed by atoms with van der Waals surface area (Å²) in [6.45, 7) is 0. The second-order valence-electron chi connectivity index (χ2n) is 3.60. The summed E-state index contributed by atoms with van der Waals surface area (Å²) in [7, 11) is 0. The van der Waals surface area contributed by atoms with Gasteiger partial charge in [-0.25, -0.2) is 14.4 Å². The molecule has 0 amide bonds. The van der Waals surface area contributed by atoms with E-state index in [0.717, 1.165) is 0 Å². The fraction of sp³-hybridized carbons (Fsp3) is 0.200. The van der Waals surface area contributed by atoms with Crippen LogP contribution in [-0.2, 0) is 28.7 Å². The zero-order valence-electron chi connectivity index (χ0n) is 7.86. The summed E-state index contributed by atoms with van der Waals surface area (Å²) in [5.74, 6) is -3.20. The first-order valence-corrected chi connectivity index (χ1v) is 4.55. The van der Waals surface area contributed by atoms with Gasteiger partial charge in [0.05, 0.1) is 17.6 Å². The Balaban J connectivity index is 2.24. The third-order valence-corrected chi connectivity index (χ3v) is 2.73. The van der Waals surface area contributed by atoms with Crippen molar-refractivity contribution in [1.82, 2.24) is 0 Å². The van der Waals surface area contributed by atoms with Crippen LogP contribution in [0.5, 0.6) is 0 Å². The van der Waals surface area contributed by atoms with Gasteiger partial charge in [-0.05, 0) is 5.57 Å². The largest absolute Gasteiger partial charge is 0.389 e. The third kappa shape index (κ3) is 0.955. The lowest BCUT2D eigenvalue weighted by molar-refractivity contribution is -0.159. The number of hydrogen-bond acceptors (Lipinski definition) is 6. The monoisotopic (exact) mass is 220 g/mol. The van der Waals surface area contributed by atoms with Crippen LogP contribution in [0.1, 0.15) is 12.8 Å². The van der Waals surface area contributed by atoms with Gasteiger partial charge in [0.1, 0.15) is 0 Å². The number of hydrogen-bond donors (Lipinski definition) is 0. The van der Waals surface area contributed by atoms with Gasteiger partial charge in [-0.1, -0.05) is 0 Å². The number of carbonyl (C=O) groups is 4. The number of ether oxygens (including phenoxy) is 2. The number of cyclic esters (lactones) is 4. The summed E-state index contributed by atoms with van der Waals surface area (Å²) in [5.41, 5.74) is 0.647. The Labute approximate surface area is 88.5 Å². The van der Waals surface area contributed by atoms with Crippen molar-refractivity contribution >= 4 is 23.9 Å². The van der Waals surface area contributed by atoms with Crippen LogP contribution in [0.2, 0.25) is 0 Å². The van der Waals surface area contributed by atoms with Crippen molar-refractivity contribution in [2.45, 2.75) is 12.8 Å². The molecule has 0 saturated carbocycles. The Morgan fingerprint density at radius 2 is 1.38 bits per heavy atom. The fourth-order valence-corrected chi connectivity index (χ4v) is 2.06. The summed E-state index contributed by atoms with van der Waals surface area (Å²) >= 11 is 0. The molecule has 2 saturated heterocycles. The normalized spacial score (nSPS) is 23.5. The summed E-state index contributed by atoms with van der Waals surface area (Å²) in [4.78, 5) is 45.1. The highest BCUT2D eigenvalue weighted by Crippen LogP contribution is 2.41. The van der Waals surface area contributed by atoms with E-state index >= 15 is 0 Å². The number of rotatable bonds is 0. The predicted molar refractivity (Wildman–Crippen MR) is 45.5 cm³/mol. The second-order valence-corrected chi connectivity index (χ2v) is 3.60. The van der Waals surface area contributed by atoms with Gasteiger partial charge in [0.2, 0.25) is 0 Å². The molecule has 2 aliphatic heterocycles. The van der Waals surface area contributed by atoms with Crippen LogP contribution in [0, 0.1) is 0 Å². The first kappa shape index (κ1) is 9.02. The van der Waals surface area contributed by atoms with Crippen molar-refractivity contribution in [1.29, 1.82) is 0 Å². The molecular weight excluding hydrogens is 216 g/mol. The SMILES string of the molecule is O=C1CC2=C3CC(=C2C(=O)O1)C(=O)OC3=O. The average Bonchev–Trinajstić information content (AvgIpc) is 2.52. The smallest absolute Gasteiger partial charge is 0.346 e. The lowest BCUT2D eigenvalue weighted by Crippen LogP contribution is -2.23. The molecule has 2 fully saturated rings. The molecule has 80 valence electrons. The van der Waals surface area contributed by atoms with Crippen LogP contribution in [0.15, 0.2) is 22.3 Å². The summed E-state index contributed by atoms with van der Waals surface area (Å²) in [6.07, 6.45) is -0.104. The zero-order chi connectivity index (χ0) is 11.4. The fourth-order valence-electron chi connectivity index (χ4n) is 2.06. The molecule has 0 aromatic heterocycles. The van der Waals surface area contributed by atoms with E-state index in [1.165, 1.54) is 0 Å². The highest BCUT2D eigenvalue weighted by Gasteiger charge is 2.45. The molecule has 1 aliphatic carbocycles. The Hall–Kier alpha value is -2.24. The first-order chi connectivity index (χ1) is 7.58. The lowest BCUT2D eigenvalue weighted by Gasteiger charge is -2.13. The van der Waals surface area contributed by atoms with Crippen molar-refractivity contribution in [3.63, 3.8) is 0 Å². The Morgan fingerprint density at radius 3 is 2.12 bits per heavy atom. The zero-order valence-corrected chi connectivity index (χ0v) is 7.86. The van der Waals surface area contributed by atoms with Gasteiger partial charge in [0, 0.05) is 12.0 Å². The van der Waals surface area contributed by atoms with Crippen LogP contribution in [0.3, 0.4) is 0 Å². The van der Waals surface area contributed by atoms with E-state index in [1.807, 2.05) is 0 Å². The van der Waals surface area contributed by atoms with E-state index < -0.39 is 23.9 Å². The van der Waals surface area contributed by atoms with Crippen LogP contribution in [0.4, 0.5) is 0 Å². The number of esters is 4. The van der Waals surface area contributed by atoms with Gasteiger partial charge >= 0.3 is 23.9 Å². The van der Waals surface area contributed by atoms with Crippen LogP contribution in [-0.4, -0.2) is 23.9 Å². The molecule has 0 aromatic carbocycles. The maximum atomic E-state index is 11.4. The molecule has 2 heterocycles. The summed E-state index contributed by atoms with van der Waals surface area (Å²) in [6, 6.07) is 0. The van der Waals surface area contributed by atoms with E-state index in [9.17, 15) is 19.2 Å². The summed E-state index contributed by atoms with van der Waals surface area (Å²) < 4.78 is 8.84. The van der Waals surface area contributed by atoms with Crippen LogP contribution >= 0.6 is 0 Å². The predicted octanol–water partition coefficient (Wildman–Crippen LogP) is -0.460. The Bertz CT molecular complexity index is 548. The molecule has 3 rings (SSSR count). The molecule has 0 N–H and O–H groups in total. The van der Waals surface area contributed by atoms with Crippen molar-refractivity contribution < 1.29 is 28.7 Å². The molecule has 2 bridgehead atoms. The van der Waals surface area contributed by atoms with Crippen molar-refractivity contribution in [3.05, 3.63) is 22.3 Å². The van der Waals surface area contributed by atoms with Crippen molar-refractivity contribution in [2.24, 2.45) is 0 Å².